The van der Waals surface area contributed by atoms with E-state index in [-0.39, 0.29) is 12.4 Å². The number of nitrogen functional groups attached to an aromatic ring is 1. The molecule has 4 nitrogen and oxygen atoms in total. The van der Waals surface area contributed by atoms with Crippen LogP contribution in [-0.4, -0.2) is 11.5 Å². The highest BCUT2D eigenvalue weighted by atomic mass is 79.9. The highest BCUT2D eigenvalue weighted by Gasteiger charge is 2.00. The van der Waals surface area contributed by atoms with Gasteiger partial charge in [0.2, 0.25) is 5.88 Å². The highest BCUT2D eigenvalue weighted by molar-refractivity contribution is 9.10. The molecule has 0 saturated heterocycles. The maximum atomic E-state index is 9.90. The summed E-state index contributed by atoms with van der Waals surface area (Å²) in [6.45, 7) is 0.283. The minimum atomic E-state index is 0.120. The standard InChI is InChI=1S/C6H5BrN2O2/c7-5-2-1-4(8)6(9-5)11-3-10/h1-3H,8H2. The molecule has 0 aromatic carbocycles. The summed E-state index contributed by atoms with van der Waals surface area (Å²) >= 11 is 3.10. The highest BCUT2D eigenvalue weighted by Crippen LogP contribution is 2.20. The maximum absolute atomic E-state index is 9.90. The fourth-order valence-electron chi connectivity index (χ4n) is 0.569. The molecule has 0 aliphatic heterocycles. The first-order valence-electron chi connectivity index (χ1n) is 2.76. The van der Waals surface area contributed by atoms with E-state index < -0.39 is 0 Å². The molecule has 5 heteroatoms. The molecule has 0 unspecified atom stereocenters. The van der Waals surface area contributed by atoms with Crippen LogP contribution in [0.5, 0.6) is 5.88 Å². The van der Waals surface area contributed by atoms with Gasteiger partial charge in [0, 0.05) is 0 Å². The average molecular weight is 217 g/mol. The van der Waals surface area contributed by atoms with Gasteiger partial charge in [-0.1, -0.05) is 0 Å². The zero-order valence-corrected chi connectivity index (χ0v) is 7.04. The Labute approximate surface area is 71.5 Å². The summed E-state index contributed by atoms with van der Waals surface area (Å²) in [6, 6.07) is 3.25. The number of nitrogens with zero attached hydrogens (tertiary/aromatic N) is 1. The third-order valence-corrected chi connectivity index (χ3v) is 1.46. The van der Waals surface area contributed by atoms with E-state index in [1.54, 1.807) is 12.1 Å². The van der Waals surface area contributed by atoms with E-state index in [2.05, 4.69) is 25.7 Å². The topological polar surface area (TPSA) is 65.2 Å². The third kappa shape index (κ3) is 1.91. The molecule has 1 rings (SSSR count). The minimum Gasteiger partial charge on any atom is -0.407 e. The van der Waals surface area contributed by atoms with Gasteiger partial charge in [-0.05, 0) is 28.1 Å². The molecule has 0 radical (unpaired) electrons. The normalized spacial score (nSPS) is 9.18. The second-order valence-electron chi connectivity index (χ2n) is 1.74. The van der Waals surface area contributed by atoms with Crippen LogP contribution in [-0.2, 0) is 4.79 Å². The van der Waals surface area contributed by atoms with E-state index in [0.717, 1.165) is 0 Å². The number of nitrogens with two attached hydrogens (primary N) is 1. The number of hydrogen-bond acceptors (Lipinski definition) is 4. The third-order valence-electron chi connectivity index (χ3n) is 1.02. The van der Waals surface area contributed by atoms with Crippen molar-refractivity contribution < 1.29 is 9.53 Å². The second kappa shape index (κ2) is 3.34. The smallest absolute Gasteiger partial charge is 0.299 e. The van der Waals surface area contributed by atoms with Crippen LogP contribution in [0.1, 0.15) is 0 Å². The number of aromatic nitrogens is 1. The van der Waals surface area contributed by atoms with Gasteiger partial charge < -0.3 is 10.5 Å². The molecule has 1 aromatic rings. The van der Waals surface area contributed by atoms with Crippen LogP contribution < -0.4 is 10.5 Å². The number of carbonyl (C=O) groups is 1. The quantitative estimate of drug-likeness (QED) is 0.591. The van der Waals surface area contributed by atoms with Crippen molar-refractivity contribution >= 4 is 28.1 Å². The summed E-state index contributed by atoms with van der Waals surface area (Å²) in [5, 5.41) is 0. The summed E-state index contributed by atoms with van der Waals surface area (Å²) in [4.78, 5) is 13.7. The largest absolute Gasteiger partial charge is 0.407 e. The monoisotopic (exact) mass is 216 g/mol. The number of ether oxygens (including phenoxy) is 1. The zero-order chi connectivity index (χ0) is 8.27. The molecular formula is C6H5BrN2O2. The first kappa shape index (κ1) is 8.00. The van der Waals surface area contributed by atoms with Crippen molar-refractivity contribution in [2.45, 2.75) is 0 Å². The second-order valence-corrected chi connectivity index (χ2v) is 2.55. The minimum absolute atomic E-state index is 0.120. The van der Waals surface area contributed by atoms with Crippen molar-refractivity contribution in [1.29, 1.82) is 0 Å². The number of pyridine rings is 1. The fraction of sp³-hybridized carbons (Fsp3) is 0. The van der Waals surface area contributed by atoms with Crippen LogP contribution >= 0.6 is 15.9 Å². The molecule has 11 heavy (non-hydrogen) atoms. The van der Waals surface area contributed by atoms with Gasteiger partial charge in [-0.15, -0.1) is 0 Å². The van der Waals surface area contributed by atoms with Gasteiger partial charge in [-0.3, -0.25) is 4.79 Å². The van der Waals surface area contributed by atoms with E-state index >= 15 is 0 Å². The van der Waals surface area contributed by atoms with E-state index in [9.17, 15) is 4.79 Å². The van der Waals surface area contributed by atoms with Crippen LogP contribution in [0.15, 0.2) is 16.7 Å². The lowest BCUT2D eigenvalue weighted by Crippen LogP contribution is -1.97. The van der Waals surface area contributed by atoms with Gasteiger partial charge in [-0.25, -0.2) is 4.98 Å². The number of carbonyl (C=O) groups excluding carboxylic acids is 1. The summed E-state index contributed by atoms with van der Waals surface area (Å²) in [7, 11) is 0. The van der Waals surface area contributed by atoms with Crippen LogP contribution in [0.3, 0.4) is 0 Å². The molecule has 0 aliphatic carbocycles. The summed E-state index contributed by atoms with van der Waals surface area (Å²) in [5.41, 5.74) is 5.74. The SMILES string of the molecule is Nc1ccc(Br)nc1OC=O. The molecule has 2 N–H and O–H groups in total. The first-order chi connectivity index (χ1) is 5.24. The van der Waals surface area contributed by atoms with Crippen LogP contribution in [0, 0.1) is 0 Å². The van der Waals surface area contributed by atoms with E-state index in [1.165, 1.54) is 0 Å². The molecule has 58 valence electrons. The fourth-order valence-corrected chi connectivity index (χ4v) is 0.862. The number of hydrogen-bond donors (Lipinski definition) is 1. The summed E-state index contributed by atoms with van der Waals surface area (Å²) in [5.74, 6) is 0.120. The Hall–Kier alpha value is -1.10. The number of rotatable bonds is 2. The molecule has 0 bridgehead atoms. The van der Waals surface area contributed by atoms with Gasteiger partial charge in [0.1, 0.15) is 4.60 Å². The average Bonchev–Trinajstić information content (AvgIpc) is 1.98. The summed E-state index contributed by atoms with van der Waals surface area (Å²) in [6.07, 6.45) is 0. The van der Waals surface area contributed by atoms with Gasteiger partial charge in [-0.2, -0.15) is 0 Å². The van der Waals surface area contributed by atoms with Crippen molar-refractivity contribution in [3.05, 3.63) is 16.7 Å². The maximum Gasteiger partial charge on any atom is 0.299 e. The van der Waals surface area contributed by atoms with Crippen molar-refractivity contribution in [3.8, 4) is 5.88 Å². The lowest BCUT2D eigenvalue weighted by Gasteiger charge is -1.99. The van der Waals surface area contributed by atoms with E-state index in [0.29, 0.717) is 10.3 Å². The van der Waals surface area contributed by atoms with E-state index in [4.69, 9.17) is 5.73 Å². The number of halogens is 1. The molecule has 0 fully saturated rings. The van der Waals surface area contributed by atoms with Crippen LogP contribution in [0.2, 0.25) is 0 Å². The van der Waals surface area contributed by atoms with Crippen molar-refractivity contribution in [2.24, 2.45) is 0 Å². The Morgan fingerprint density at radius 1 is 1.64 bits per heavy atom. The Kier molecular flexibility index (Phi) is 2.43. The zero-order valence-electron chi connectivity index (χ0n) is 5.45. The Balaban J connectivity index is 3.01. The van der Waals surface area contributed by atoms with Gasteiger partial charge in [0.05, 0.1) is 5.69 Å². The molecule has 1 heterocycles. The van der Waals surface area contributed by atoms with Crippen molar-refractivity contribution in [3.63, 3.8) is 0 Å². The molecular weight excluding hydrogens is 212 g/mol. The van der Waals surface area contributed by atoms with Gasteiger partial charge in [0.25, 0.3) is 6.47 Å². The molecule has 0 saturated carbocycles. The van der Waals surface area contributed by atoms with Crippen molar-refractivity contribution in [1.82, 2.24) is 4.98 Å². The number of anilines is 1. The van der Waals surface area contributed by atoms with Crippen LogP contribution in [0.4, 0.5) is 5.69 Å². The Morgan fingerprint density at radius 2 is 2.36 bits per heavy atom. The lowest BCUT2D eigenvalue weighted by molar-refractivity contribution is -0.120. The predicted molar refractivity (Wildman–Crippen MR) is 43.0 cm³/mol. The van der Waals surface area contributed by atoms with Gasteiger partial charge >= 0.3 is 0 Å². The molecule has 0 aliphatic rings. The molecule has 0 atom stereocenters. The van der Waals surface area contributed by atoms with E-state index in [1.807, 2.05) is 0 Å². The summed E-state index contributed by atoms with van der Waals surface area (Å²) < 4.78 is 5.04. The Morgan fingerprint density at radius 3 is 3.00 bits per heavy atom. The predicted octanol–water partition coefficient (Wildman–Crippen LogP) is 0.962. The first-order valence-corrected chi connectivity index (χ1v) is 3.55. The van der Waals surface area contributed by atoms with Gasteiger partial charge in [0.15, 0.2) is 0 Å². The van der Waals surface area contributed by atoms with Crippen molar-refractivity contribution in [2.75, 3.05) is 5.73 Å². The molecule has 1 aromatic heterocycles. The van der Waals surface area contributed by atoms with Crippen LogP contribution in [0.25, 0.3) is 0 Å². The lowest BCUT2D eigenvalue weighted by atomic mass is 10.4. The Bertz CT molecular complexity index is 277. The molecule has 0 spiro atoms. The molecule has 0 amide bonds.